The number of aryl methyl sites for hydroxylation is 1. The number of benzene rings is 1. The fourth-order valence-electron chi connectivity index (χ4n) is 1.80. The Morgan fingerprint density at radius 1 is 1.28 bits per heavy atom. The molecular weight excluding hydrogens is 248 g/mol. The second kappa shape index (κ2) is 4.78. The molecule has 5 heteroatoms. The van der Waals surface area contributed by atoms with E-state index in [1.807, 2.05) is 0 Å². The van der Waals surface area contributed by atoms with E-state index in [0.29, 0.717) is 21.7 Å². The van der Waals surface area contributed by atoms with Gasteiger partial charge in [-0.1, -0.05) is 6.07 Å². The molecule has 1 aromatic heterocycles. The monoisotopic (exact) mass is 262 g/mol. The molecule has 0 spiro atoms. The molecule has 2 aromatic rings. The third-order valence-corrected chi connectivity index (χ3v) is 4.46. The molecule has 0 aliphatic rings. The van der Waals surface area contributed by atoms with Gasteiger partial charge in [0, 0.05) is 18.1 Å². The zero-order chi connectivity index (χ0) is 13.2. The van der Waals surface area contributed by atoms with E-state index in [1.54, 1.807) is 49.6 Å². The van der Waals surface area contributed by atoms with Gasteiger partial charge in [-0.15, -0.1) is 0 Å². The zero-order valence-corrected chi connectivity index (χ0v) is 10.8. The second-order valence-corrected chi connectivity index (χ2v) is 6.10. The van der Waals surface area contributed by atoms with E-state index in [1.165, 1.54) is 0 Å². The van der Waals surface area contributed by atoms with E-state index >= 15 is 0 Å². The number of aromatic nitrogens is 1. The summed E-state index contributed by atoms with van der Waals surface area (Å²) in [7, 11) is -3.36. The molecule has 0 aliphatic heterocycles. The SMILES string of the molecule is Cc1cc(N)ccc1S(=O)(=O)Cc1cccnc1. The first-order chi connectivity index (χ1) is 8.49. The van der Waals surface area contributed by atoms with E-state index in [2.05, 4.69) is 4.98 Å². The molecule has 0 unspecified atom stereocenters. The number of nitrogens with zero attached hydrogens (tertiary/aromatic N) is 1. The van der Waals surface area contributed by atoms with E-state index in [9.17, 15) is 8.42 Å². The number of rotatable bonds is 3. The van der Waals surface area contributed by atoms with Crippen LogP contribution in [0.4, 0.5) is 5.69 Å². The van der Waals surface area contributed by atoms with E-state index in [4.69, 9.17) is 5.73 Å². The smallest absolute Gasteiger partial charge is 0.182 e. The van der Waals surface area contributed by atoms with Crippen molar-refractivity contribution < 1.29 is 8.42 Å². The Bertz CT molecular complexity index is 652. The molecule has 0 radical (unpaired) electrons. The van der Waals surface area contributed by atoms with Crippen molar-refractivity contribution in [1.82, 2.24) is 4.98 Å². The van der Waals surface area contributed by atoms with Crippen molar-refractivity contribution >= 4 is 15.5 Å². The number of hydrogen-bond acceptors (Lipinski definition) is 4. The second-order valence-electron chi connectivity index (χ2n) is 4.15. The van der Waals surface area contributed by atoms with Crippen molar-refractivity contribution in [3.63, 3.8) is 0 Å². The van der Waals surface area contributed by atoms with Crippen molar-refractivity contribution in [2.24, 2.45) is 0 Å². The Morgan fingerprint density at radius 2 is 2.06 bits per heavy atom. The summed E-state index contributed by atoms with van der Waals surface area (Å²) in [6, 6.07) is 8.29. The van der Waals surface area contributed by atoms with Crippen LogP contribution in [0.15, 0.2) is 47.6 Å². The molecule has 94 valence electrons. The lowest BCUT2D eigenvalue weighted by atomic mass is 10.2. The van der Waals surface area contributed by atoms with Crippen molar-refractivity contribution in [2.75, 3.05) is 5.73 Å². The summed E-state index contributed by atoms with van der Waals surface area (Å²) in [6.07, 6.45) is 3.18. The van der Waals surface area contributed by atoms with Crippen LogP contribution >= 0.6 is 0 Å². The summed E-state index contributed by atoms with van der Waals surface area (Å²) >= 11 is 0. The van der Waals surface area contributed by atoms with Crippen molar-refractivity contribution in [3.05, 3.63) is 53.9 Å². The first-order valence-electron chi connectivity index (χ1n) is 5.47. The molecule has 18 heavy (non-hydrogen) atoms. The first-order valence-corrected chi connectivity index (χ1v) is 7.12. The maximum Gasteiger partial charge on any atom is 0.182 e. The molecule has 0 bridgehead atoms. The number of anilines is 1. The van der Waals surface area contributed by atoms with E-state index < -0.39 is 9.84 Å². The molecule has 0 amide bonds. The van der Waals surface area contributed by atoms with Gasteiger partial charge in [0.2, 0.25) is 0 Å². The van der Waals surface area contributed by atoms with Crippen molar-refractivity contribution in [1.29, 1.82) is 0 Å². The highest BCUT2D eigenvalue weighted by molar-refractivity contribution is 7.90. The quantitative estimate of drug-likeness (QED) is 0.858. The van der Waals surface area contributed by atoms with Crippen LogP contribution in [-0.2, 0) is 15.6 Å². The predicted molar refractivity (Wildman–Crippen MR) is 70.7 cm³/mol. The average molecular weight is 262 g/mol. The Kier molecular flexibility index (Phi) is 3.34. The molecule has 0 atom stereocenters. The maximum atomic E-state index is 12.3. The highest BCUT2D eigenvalue weighted by Gasteiger charge is 2.17. The van der Waals surface area contributed by atoms with Crippen molar-refractivity contribution in [2.45, 2.75) is 17.6 Å². The van der Waals surface area contributed by atoms with Crippen LogP contribution < -0.4 is 5.73 Å². The molecule has 1 heterocycles. The third kappa shape index (κ3) is 2.68. The van der Waals surface area contributed by atoms with Crippen LogP contribution in [0.3, 0.4) is 0 Å². The van der Waals surface area contributed by atoms with Crippen LogP contribution in [0.2, 0.25) is 0 Å². The summed E-state index contributed by atoms with van der Waals surface area (Å²) in [5.74, 6) is -0.0500. The average Bonchev–Trinajstić information content (AvgIpc) is 2.29. The molecule has 0 fully saturated rings. The Morgan fingerprint density at radius 3 is 2.67 bits per heavy atom. The van der Waals surface area contributed by atoms with Gasteiger partial charge >= 0.3 is 0 Å². The van der Waals surface area contributed by atoms with E-state index in [-0.39, 0.29) is 5.75 Å². The highest BCUT2D eigenvalue weighted by atomic mass is 32.2. The molecule has 1 aromatic carbocycles. The molecule has 0 saturated heterocycles. The predicted octanol–water partition coefficient (Wildman–Crippen LogP) is 1.95. The van der Waals surface area contributed by atoms with Gasteiger partial charge in [0.1, 0.15) is 0 Å². The van der Waals surface area contributed by atoms with Crippen molar-refractivity contribution in [3.8, 4) is 0 Å². The van der Waals surface area contributed by atoms with Crippen LogP contribution in [0.5, 0.6) is 0 Å². The Hall–Kier alpha value is -1.88. The minimum absolute atomic E-state index is 0.0500. The summed E-state index contributed by atoms with van der Waals surface area (Å²) < 4.78 is 24.5. The summed E-state index contributed by atoms with van der Waals surface area (Å²) in [5, 5.41) is 0. The van der Waals surface area contributed by atoms with Gasteiger partial charge in [-0.2, -0.15) is 0 Å². The molecule has 2 N–H and O–H groups in total. The number of sulfone groups is 1. The maximum absolute atomic E-state index is 12.3. The Balaban J connectivity index is 2.37. The molecule has 4 nitrogen and oxygen atoms in total. The van der Waals surface area contributed by atoms with Gasteiger partial charge in [-0.25, -0.2) is 8.42 Å². The molecule has 0 saturated carbocycles. The van der Waals surface area contributed by atoms with Gasteiger partial charge < -0.3 is 5.73 Å². The largest absolute Gasteiger partial charge is 0.399 e. The number of hydrogen-bond donors (Lipinski definition) is 1. The van der Waals surface area contributed by atoms with E-state index in [0.717, 1.165) is 0 Å². The standard InChI is InChI=1S/C13H14N2O2S/c1-10-7-12(14)4-5-13(10)18(16,17)9-11-3-2-6-15-8-11/h2-8H,9,14H2,1H3. The summed E-state index contributed by atoms with van der Waals surface area (Å²) in [6.45, 7) is 1.74. The fourth-order valence-corrected chi connectivity index (χ4v) is 3.39. The lowest BCUT2D eigenvalue weighted by molar-refractivity contribution is 0.594. The first kappa shape index (κ1) is 12.6. The minimum atomic E-state index is -3.36. The number of nitrogen functional groups attached to an aromatic ring is 1. The van der Waals surface area contributed by atoms with Gasteiger partial charge in [0.05, 0.1) is 10.6 Å². The molecule has 0 aliphatic carbocycles. The van der Waals surface area contributed by atoms with Gasteiger partial charge in [-0.3, -0.25) is 4.98 Å². The molecular formula is C13H14N2O2S. The zero-order valence-electron chi connectivity index (χ0n) is 10.00. The summed E-state index contributed by atoms with van der Waals surface area (Å²) in [5.41, 5.74) is 7.52. The topological polar surface area (TPSA) is 73.1 Å². The Labute approximate surface area is 106 Å². The van der Waals surface area contributed by atoms with Crippen LogP contribution in [0.1, 0.15) is 11.1 Å². The lowest BCUT2D eigenvalue weighted by Gasteiger charge is -2.08. The van der Waals surface area contributed by atoms with Crippen LogP contribution in [0, 0.1) is 6.92 Å². The highest BCUT2D eigenvalue weighted by Crippen LogP contribution is 2.21. The summed E-state index contributed by atoms with van der Waals surface area (Å²) in [4.78, 5) is 4.23. The van der Waals surface area contributed by atoms with Gasteiger partial charge in [0.25, 0.3) is 0 Å². The lowest BCUT2D eigenvalue weighted by Crippen LogP contribution is -2.07. The normalized spacial score (nSPS) is 11.4. The minimum Gasteiger partial charge on any atom is -0.399 e. The number of pyridine rings is 1. The third-order valence-electron chi connectivity index (χ3n) is 2.61. The van der Waals surface area contributed by atoms with Crippen LogP contribution in [-0.4, -0.2) is 13.4 Å². The van der Waals surface area contributed by atoms with Gasteiger partial charge in [0.15, 0.2) is 9.84 Å². The number of nitrogens with two attached hydrogens (primary N) is 1. The van der Waals surface area contributed by atoms with Gasteiger partial charge in [-0.05, 0) is 42.3 Å². The fraction of sp³-hybridized carbons (Fsp3) is 0.154. The van der Waals surface area contributed by atoms with Crippen LogP contribution in [0.25, 0.3) is 0 Å². The molecule has 2 rings (SSSR count).